The number of nitrogens with one attached hydrogen (secondary N) is 1. The maximum absolute atomic E-state index is 14.6. The van der Waals surface area contributed by atoms with Crippen LogP contribution in [-0.2, 0) is 4.79 Å². The molecule has 1 amide bonds. The van der Waals surface area contributed by atoms with Crippen LogP contribution in [0.15, 0.2) is 52.4 Å². The van der Waals surface area contributed by atoms with E-state index in [2.05, 4.69) is 16.4 Å². The maximum Gasteiger partial charge on any atom is 0.266 e. The third-order valence-electron chi connectivity index (χ3n) is 5.83. The van der Waals surface area contributed by atoms with E-state index < -0.39 is 28.0 Å². The van der Waals surface area contributed by atoms with Crippen molar-refractivity contribution in [2.24, 2.45) is 0 Å². The van der Waals surface area contributed by atoms with Gasteiger partial charge in [-0.2, -0.15) is 5.26 Å². The van der Waals surface area contributed by atoms with E-state index in [0.717, 1.165) is 41.7 Å². The monoisotopic (exact) mass is 468 g/mol. The first-order valence-corrected chi connectivity index (χ1v) is 11.6. The van der Waals surface area contributed by atoms with Crippen molar-refractivity contribution in [3.63, 3.8) is 0 Å². The molecular formula is C24H22F2N4O2S. The third-order valence-corrected chi connectivity index (χ3v) is 6.88. The van der Waals surface area contributed by atoms with Gasteiger partial charge in [0.2, 0.25) is 5.91 Å². The van der Waals surface area contributed by atoms with Crippen molar-refractivity contribution < 1.29 is 13.6 Å². The molecule has 9 heteroatoms. The van der Waals surface area contributed by atoms with Crippen molar-refractivity contribution in [1.82, 2.24) is 14.9 Å². The number of halogens is 2. The molecular weight excluding hydrogens is 446 g/mol. The number of para-hydroxylation sites is 1. The molecule has 0 spiro atoms. The molecule has 0 radical (unpaired) electrons. The molecule has 0 aliphatic heterocycles. The first-order valence-electron chi connectivity index (χ1n) is 10.7. The number of benzene rings is 2. The summed E-state index contributed by atoms with van der Waals surface area (Å²) in [6.45, 7) is 1.64. The van der Waals surface area contributed by atoms with Crippen LogP contribution in [0.1, 0.15) is 39.0 Å². The second-order valence-electron chi connectivity index (χ2n) is 8.15. The predicted molar refractivity (Wildman–Crippen MR) is 122 cm³/mol. The van der Waals surface area contributed by atoms with Gasteiger partial charge in [-0.1, -0.05) is 43.2 Å². The Balaban J connectivity index is 1.73. The van der Waals surface area contributed by atoms with E-state index in [9.17, 15) is 23.6 Å². The molecule has 1 atom stereocenters. The van der Waals surface area contributed by atoms with Crippen LogP contribution in [0.4, 0.5) is 8.78 Å². The Labute approximate surface area is 193 Å². The fourth-order valence-electron chi connectivity index (χ4n) is 4.04. The van der Waals surface area contributed by atoms with Crippen molar-refractivity contribution in [1.29, 1.82) is 5.26 Å². The summed E-state index contributed by atoms with van der Waals surface area (Å²) >= 11 is 0.983. The predicted octanol–water partition coefficient (Wildman–Crippen LogP) is 4.49. The van der Waals surface area contributed by atoms with E-state index in [0.29, 0.717) is 24.4 Å². The molecule has 170 valence electrons. The first-order chi connectivity index (χ1) is 15.8. The Kier molecular flexibility index (Phi) is 6.47. The van der Waals surface area contributed by atoms with Gasteiger partial charge in [-0.05, 0) is 44.0 Å². The molecule has 0 saturated heterocycles. The molecule has 0 bridgehead atoms. The maximum atomic E-state index is 14.6. The van der Waals surface area contributed by atoms with E-state index in [1.807, 2.05) is 0 Å². The average molecular weight is 469 g/mol. The number of hydrogen-bond acceptors (Lipinski definition) is 5. The van der Waals surface area contributed by atoms with Crippen LogP contribution < -0.4 is 10.9 Å². The molecule has 3 aromatic rings. The molecule has 1 unspecified atom stereocenters. The Hall–Kier alpha value is -3.25. The van der Waals surface area contributed by atoms with Crippen molar-refractivity contribution in [2.75, 3.05) is 0 Å². The van der Waals surface area contributed by atoms with Gasteiger partial charge in [0.05, 0.1) is 27.9 Å². The molecule has 1 fully saturated rings. The van der Waals surface area contributed by atoms with Gasteiger partial charge in [-0.25, -0.2) is 13.8 Å². The van der Waals surface area contributed by atoms with Crippen LogP contribution in [0.3, 0.4) is 0 Å². The minimum atomic E-state index is -0.918. The fraction of sp³-hybridized carbons (Fsp3) is 0.333. The number of nitrogens with zero attached hydrogens (tertiary/aromatic N) is 3. The first kappa shape index (κ1) is 22.9. The zero-order valence-electron chi connectivity index (χ0n) is 18.0. The fourth-order valence-corrected chi connectivity index (χ4v) is 4.96. The lowest BCUT2D eigenvalue weighted by atomic mass is 9.83. The molecule has 2 aromatic carbocycles. The van der Waals surface area contributed by atoms with Crippen molar-refractivity contribution >= 4 is 28.6 Å². The van der Waals surface area contributed by atoms with E-state index in [-0.39, 0.29) is 22.1 Å². The van der Waals surface area contributed by atoms with Gasteiger partial charge in [0.1, 0.15) is 17.2 Å². The van der Waals surface area contributed by atoms with Gasteiger partial charge < -0.3 is 5.32 Å². The lowest BCUT2D eigenvalue weighted by molar-refractivity contribution is -0.121. The molecule has 1 saturated carbocycles. The quantitative estimate of drug-likeness (QED) is 0.440. The smallest absolute Gasteiger partial charge is 0.266 e. The molecule has 6 nitrogen and oxygen atoms in total. The van der Waals surface area contributed by atoms with Crippen LogP contribution in [0.25, 0.3) is 16.6 Å². The Morgan fingerprint density at radius 1 is 1.21 bits per heavy atom. The number of aromatic nitrogens is 2. The summed E-state index contributed by atoms with van der Waals surface area (Å²) in [6, 6.07) is 11.8. The number of hydrogen-bond donors (Lipinski definition) is 1. The zero-order valence-corrected chi connectivity index (χ0v) is 18.8. The number of carbonyl (C=O) groups excluding carboxylic acids is 1. The topological polar surface area (TPSA) is 87.8 Å². The highest BCUT2D eigenvalue weighted by Gasteiger charge is 2.35. The van der Waals surface area contributed by atoms with E-state index in [1.165, 1.54) is 6.07 Å². The summed E-state index contributed by atoms with van der Waals surface area (Å²) in [7, 11) is 0. The van der Waals surface area contributed by atoms with Crippen LogP contribution in [-0.4, -0.2) is 26.2 Å². The largest absolute Gasteiger partial charge is 0.337 e. The van der Waals surface area contributed by atoms with Gasteiger partial charge in [0, 0.05) is 6.07 Å². The summed E-state index contributed by atoms with van der Waals surface area (Å²) in [5.74, 6) is -2.05. The minimum Gasteiger partial charge on any atom is -0.337 e. The van der Waals surface area contributed by atoms with Gasteiger partial charge in [0.15, 0.2) is 5.16 Å². The van der Waals surface area contributed by atoms with Crippen molar-refractivity contribution in [3.8, 4) is 11.8 Å². The van der Waals surface area contributed by atoms with E-state index >= 15 is 0 Å². The van der Waals surface area contributed by atoms with Gasteiger partial charge >= 0.3 is 0 Å². The second kappa shape index (κ2) is 9.32. The molecule has 1 aliphatic carbocycles. The van der Waals surface area contributed by atoms with Gasteiger partial charge in [-0.3, -0.25) is 14.2 Å². The zero-order chi connectivity index (χ0) is 23.6. The molecule has 1 aliphatic rings. The molecule has 4 rings (SSSR count). The molecule has 33 heavy (non-hydrogen) atoms. The Bertz CT molecular complexity index is 1310. The number of rotatable bonds is 5. The second-order valence-corrected chi connectivity index (χ2v) is 9.46. The van der Waals surface area contributed by atoms with Crippen LogP contribution in [0.5, 0.6) is 0 Å². The van der Waals surface area contributed by atoms with Crippen LogP contribution in [0, 0.1) is 23.0 Å². The normalized spacial score (nSPS) is 16.2. The summed E-state index contributed by atoms with van der Waals surface area (Å²) < 4.78 is 29.2. The standard InChI is InChI=1S/C24H22F2N4O2S/c1-15(21(31)29-24(14-27)11-5-2-6-12-24)33-23-28-19-8-4-3-7-17(19)22(32)30(23)20-10-9-16(25)13-18(20)26/h3-4,7-10,13,15H,2,5-6,11-12H2,1H3,(H,29,31). The Morgan fingerprint density at radius 3 is 2.64 bits per heavy atom. The summed E-state index contributed by atoms with van der Waals surface area (Å²) in [6.07, 6.45) is 3.94. The van der Waals surface area contributed by atoms with Gasteiger partial charge in [-0.15, -0.1) is 0 Å². The highest BCUT2D eigenvalue weighted by molar-refractivity contribution is 8.00. The average Bonchev–Trinajstić information content (AvgIpc) is 2.81. The number of fused-ring (bicyclic) bond motifs is 1. The SMILES string of the molecule is CC(Sc1nc2ccccc2c(=O)n1-c1ccc(F)cc1F)C(=O)NC1(C#N)CCCCC1. The van der Waals surface area contributed by atoms with Crippen LogP contribution in [0.2, 0.25) is 0 Å². The number of amides is 1. The number of carbonyl (C=O) groups is 1. The van der Waals surface area contributed by atoms with E-state index in [4.69, 9.17) is 0 Å². The lowest BCUT2D eigenvalue weighted by Gasteiger charge is -2.32. The van der Waals surface area contributed by atoms with Crippen LogP contribution >= 0.6 is 11.8 Å². The number of thioether (sulfide) groups is 1. The lowest BCUT2D eigenvalue weighted by Crippen LogP contribution is -2.51. The van der Waals surface area contributed by atoms with Gasteiger partial charge in [0.25, 0.3) is 5.56 Å². The molecule has 1 aromatic heterocycles. The van der Waals surface area contributed by atoms with E-state index in [1.54, 1.807) is 31.2 Å². The molecule has 1 N–H and O–H groups in total. The minimum absolute atomic E-state index is 0.0986. The summed E-state index contributed by atoms with van der Waals surface area (Å²) in [4.78, 5) is 30.7. The highest BCUT2D eigenvalue weighted by Crippen LogP contribution is 2.30. The van der Waals surface area contributed by atoms with Crippen molar-refractivity contribution in [2.45, 2.75) is 55.0 Å². The highest BCUT2D eigenvalue weighted by atomic mass is 32.2. The summed E-state index contributed by atoms with van der Waals surface area (Å²) in [5, 5.41) is 12.2. The number of nitriles is 1. The molecule has 1 heterocycles. The third kappa shape index (κ3) is 4.62. The Morgan fingerprint density at radius 2 is 1.94 bits per heavy atom. The summed E-state index contributed by atoms with van der Waals surface area (Å²) in [5.41, 5.74) is -1.18. The van der Waals surface area contributed by atoms with Crippen molar-refractivity contribution in [3.05, 3.63) is 64.5 Å².